The number of aromatic carboxylic acids is 1. The second-order valence-corrected chi connectivity index (χ2v) is 7.44. The molecule has 100 valence electrons. The second-order valence-electron chi connectivity index (χ2n) is 4.87. The molecule has 2 rings (SSSR count). The van der Waals surface area contributed by atoms with Crippen LogP contribution >= 0.6 is 11.3 Å². The van der Waals surface area contributed by atoms with Crippen molar-refractivity contribution < 1.29 is 14.1 Å². The third kappa shape index (κ3) is 3.38. The molecule has 1 fully saturated rings. The van der Waals surface area contributed by atoms with E-state index < -0.39 is 16.8 Å². The minimum absolute atomic E-state index is 0.0824. The molecule has 1 aliphatic carbocycles. The van der Waals surface area contributed by atoms with E-state index in [4.69, 9.17) is 5.11 Å². The highest BCUT2D eigenvalue weighted by Gasteiger charge is 2.24. The normalized spacial score (nSPS) is 25.8. The highest BCUT2D eigenvalue weighted by Crippen LogP contribution is 2.28. The first-order valence-corrected chi connectivity index (χ1v) is 8.37. The Hall–Kier alpha value is -0.750. The highest BCUT2D eigenvalue weighted by molar-refractivity contribution is 7.84. The van der Waals surface area contributed by atoms with E-state index in [0.29, 0.717) is 17.4 Å². The summed E-state index contributed by atoms with van der Waals surface area (Å²) in [5, 5.41) is 10.8. The smallest absolute Gasteiger partial charge is 0.365 e. The maximum absolute atomic E-state index is 12.2. The number of thiazole rings is 1. The molecule has 3 unspecified atom stereocenters. The van der Waals surface area contributed by atoms with E-state index in [2.05, 4.69) is 11.9 Å². The molecule has 0 aromatic carbocycles. The summed E-state index contributed by atoms with van der Waals surface area (Å²) in [6.07, 6.45) is 4.41. The van der Waals surface area contributed by atoms with E-state index in [1.165, 1.54) is 6.42 Å². The molecule has 0 aliphatic heterocycles. The first-order valence-electron chi connectivity index (χ1n) is 6.11. The van der Waals surface area contributed by atoms with E-state index in [-0.39, 0.29) is 10.3 Å². The number of nitrogens with zero attached hydrogens (tertiary/aromatic N) is 1. The van der Waals surface area contributed by atoms with Gasteiger partial charge in [-0.25, -0.2) is 9.78 Å². The third-order valence-electron chi connectivity index (χ3n) is 3.28. The Morgan fingerprint density at radius 3 is 3.00 bits per heavy atom. The van der Waals surface area contributed by atoms with Gasteiger partial charge in [-0.05, 0) is 18.8 Å². The van der Waals surface area contributed by atoms with E-state index in [9.17, 15) is 9.00 Å². The fourth-order valence-corrected chi connectivity index (χ4v) is 4.76. The number of aromatic nitrogens is 1. The lowest BCUT2D eigenvalue weighted by Crippen LogP contribution is -2.24. The van der Waals surface area contributed by atoms with Crippen LogP contribution in [0.3, 0.4) is 0 Å². The zero-order valence-corrected chi connectivity index (χ0v) is 11.9. The van der Waals surface area contributed by atoms with E-state index in [1.807, 2.05) is 0 Å². The Kier molecular flexibility index (Phi) is 4.50. The number of carboxylic acid groups (broad SMARTS) is 1. The third-order valence-corrected chi connectivity index (χ3v) is 5.92. The molecule has 1 aromatic rings. The van der Waals surface area contributed by atoms with Gasteiger partial charge in [-0.15, -0.1) is 11.3 Å². The molecule has 0 amide bonds. The molecule has 1 heterocycles. The zero-order chi connectivity index (χ0) is 13.1. The SMILES string of the molecule is CC1CCCC(S(=O)Cc2csc(C(=O)O)n2)C1. The first-order chi connectivity index (χ1) is 8.56. The molecule has 18 heavy (non-hydrogen) atoms. The molecule has 0 bridgehead atoms. The molecule has 6 heteroatoms. The highest BCUT2D eigenvalue weighted by atomic mass is 32.2. The van der Waals surface area contributed by atoms with Gasteiger partial charge in [0.2, 0.25) is 5.01 Å². The van der Waals surface area contributed by atoms with Gasteiger partial charge in [0.25, 0.3) is 0 Å². The number of hydrogen-bond acceptors (Lipinski definition) is 4. The van der Waals surface area contributed by atoms with E-state index in [1.54, 1.807) is 5.38 Å². The van der Waals surface area contributed by atoms with Crippen molar-refractivity contribution in [3.05, 3.63) is 16.1 Å². The minimum Gasteiger partial charge on any atom is -0.476 e. The monoisotopic (exact) mass is 287 g/mol. The van der Waals surface area contributed by atoms with E-state index >= 15 is 0 Å². The summed E-state index contributed by atoms with van der Waals surface area (Å²) in [4.78, 5) is 14.7. The topological polar surface area (TPSA) is 67.3 Å². The Labute approximate surface area is 113 Å². The van der Waals surface area contributed by atoms with Crippen LogP contribution in [0.25, 0.3) is 0 Å². The van der Waals surface area contributed by atoms with Gasteiger partial charge in [-0.3, -0.25) is 4.21 Å². The molecule has 1 aromatic heterocycles. The van der Waals surface area contributed by atoms with Crippen LogP contribution in [0.2, 0.25) is 0 Å². The molecular formula is C12H17NO3S2. The van der Waals surface area contributed by atoms with Crippen LogP contribution in [-0.2, 0) is 16.6 Å². The summed E-state index contributed by atoms with van der Waals surface area (Å²) in [5.41, 5.74) is 0.647. The van der Waals surface area contributed by atoms with Crippen molar-refractivity contribution in [3.63, 3.8) is 0 Å². The number of carboxylic acids is 1. The lowest BCUT2D eigenvalue weighted by atomic mass is 9.91. The maximum Gasteiger partial charge on any atom is 0.365 e. The average molecular weight is 287 g/mol. The fourth-order valence-electron chi connectivity index (χ4n) is 2.35. The van der Waals surface area contributed by atoms with Gasteiger partial charge in [0, 0.05) is 21.4 Å². The maximum atomic E-state index is 12.2. The van der Waals surface area contributed by atoms with E-state index in [0.717, 1.165) is 30.6 Å². The summed E-state index contributed by atoms with van der Waals surface area (Å²) in [6, 6.07) is 0. The van der Waals surface area contributed by atoms with Crippen LogP contribution in [-0.4, -0.2) is 25.5 Å². The van der Waals surface area contributed by atoms with Crippen LogP contribution in [0.5, 0.6) is 0 Å². The van der Waals surface area contributed by atoms with Crippen LogP contribution in [0.1, 0.15) is 48.1 Å². The number of hydrogen-bond donors (Lipinski definition) is 1. The number of carbonyl (C=O) groups is 1. The van der Waals surface area contributed by atoms with Gasteiger partial charge in [0.15, 0.2) is 0 Å². The van der Waals surface area contributed by atoms with Crippen LogP contribution < -0.4 is 0 Å². The van der Waals surface area contributed by atoms with Gasteiger partial charge >= 0.3 is 5.97 Å². The van der Waals surface area contributed by atoms with Gasteiger partial charge in [0.1, 0.15) is 0 Å². The average Bonchev–Trinajstić information content (AvgIpc) is 2.77. The Morgan fingerprint density at radius 1 is 1.61 bits per heavy atom. The molecule has 0 radical (unpaired) electrons. The van der Waals surface area contributed by atoms with Crippen molar-refractivity contribution in [2.24, 2.45) is 5.92 Å². The van der Waals surface area contributed by atoms with Crippen molar-refractivity contribution >= 4 is 28.1 Å². The minimum atomic E-state index is -1.01. The molecular weight excluding hydrogens is 270 g/mol. The largest absolute Gasteiger partial charge is 0.476 e. The van der Waals surface area contributed by atoms with Crippen LogP contribution in [0.4, 0.5) is 0 Å². The summed E-state index contributed by atoms with van der Waals surface area (Å²) < 4.78 is 12.2. The zero-order valence-electron chi connectivity index (χ0n) is 10.3. The molecule has 4 nitrogen and oxygen atoms in total. The molecule has 1 saturated carbocycles. The lowest BCUT2D eigenvalue weighted by molar-refractivity contribution is 0.0696. The van der Waals surface area contributed by atoms with Gasteiger partial charge in [-0.2, -0.15) is 0 Å². The lowest BCUT2D eigenvalue weighted by Gasteiger charge is -2.25. The van der Waals surface area contributed by atoms with Crippen molar-refractivity contribution in [2.75, 3.05) is 0 Å². The predicted octanol–water partition coefficient (Wildman–Crippen LogP) is 2.67. The predicted molar refractivity (Wildman–Crippen MR) is 72.3 cm³/mol. The Balaban J connectivity index is 1.95. The van der Waals surface area contributed by atoms with Crippen LogP contribution in [0, 0.1) is 5.92 Å². The van der Waals surface area contributed by atoms with Crippen molar-refractivity contribution in [1.82, 2.24) is 4.98 Å². The van der Waals surface area contributed by atoms with Gasteiger partial charge < -0.3 is 5.11 Å². The Morgan fingerprint density at radius 2 is 2.39 bits per heavy atom. The summed E-state index contributed by atoms with van der Waals surface area (Å²) >= 11 is 1.10. The van der Waals surface area contributed by atoms with Crippen LogP contribution in [0.15, 0.2) is 5.38 Å². The van der Waals surface area contributed by atoms with Crippen molar-refractivity contribution in [2.45, 2.75) is 43.6 Å². The van der Waals surface area contributed by atoms with Gasteiger partial charge in [-0.1, -0.05) is 19.8 Å². The summed E-state index contributed by atoms with van der Waals surface area (Å²) in [7, 11) is -0.927. The second kappa shape index (κ2) is 5.93. The summed E-state index contributed by atoms with van der Waals surface area (Å²) in [5.74, 6) is 0.0299. The summed E-state index contributed by atoms with van der Waals surface area (Å²) in [6.45, 7) is 2.20. The fraction of sp³-hybridized carbons (Fsp3) is 0.667. The molecule has 1 aliphatic rings. The molecule has 1 N–H and O–H groups in total. The van der Waals surface area contributed by atoms with Gasteiger partial charge in [0.05, 0.1) is 11.4 Å². The molecule has 3 atom stereocenters. The molecule has 0 saturated heterocycles. The number of rotatable bonds is 4. The quantitative estimate of drug-likeness (QED) is 0.924. The van der Waals surface area contributed by atoms with Crippen molar-refractivity contribution in [1.29, 1.82) is 0 Å². The molecule has 0 spiro atoms. The standard InChI is InChI=1S/C12H17NO3S2/c1-8-3-2-4-10(5-8)18(16)7-9-6-17-11(13-9)12(14)15/h6,8,10H,2-5,7H2,1H3,(H,14,15). The first kappa shape index (κ1) is 13.7. The Bertz CT molecular complexity index is 458. The van der Waals surface area contributed by atoms with Crippen molar-refractivity contribution in [3.8, 4) is 0 Å².